The molecule has 0 saturated carbocycles. The summed E-state index contributed by atoms with van der Waals surface area (Å²) >= 11 is 0. The van der Waals surface area contributed by atoms with Crippen LogP contribution in [0.3, 0.4) is 0 Å². The van der Waals surface area contributed by atoms with Crippen molar-refractivity contribution in [2.24, 2.45) is 0 Å². The molecule has 0 unspecified atom stereocenters. The van der Waals surface area contributed by atoms with E-state index in [1.54, 1.807) is 41.6 Å². The SMILES string of the molecule is O=C(NCc1cccnc1)c1cccc(C(=O)N2CCOCC2)c1. The standard InChI is InChI=1S/C18H19N3O3/c22-17(20-13-14-3-2-6-19-12-14)15-4-1-5-16(11-15)18(23)21-7-9-24-10-8-21/h1-6,11-12H,7-10,13H2,(H,20,22). The number of nitrogens with zero attached hydrogens (tertiary/aromatic N) is 2. The average Bonchev–Trinajstić information content (AvgIpc) is 2.67. The second-order valence-electron chi connectivity index (χ2n) is 5.53. The van der Waals surface area contributed by atoms with Gasteiger partial charge in [0.15, 0.2) is 0 Å². The summed E-state index contributed by atoms with van der Waals surface area (Å²) in [6.07, 6.45) is 3.39. The molecule has 2 aromatic rings. The minimum absolute atomic E-state index is 0.0693. The van der Waals surface area contributed by atoms with Crippen LogP contribution < -0.4 is 5.32 Å². The zero-order valence-electron chi connectivity index (χ0n) is 13.3. The van der Waals surface area contributed by atoms with Gasteiger partial charge in [0, 0.05) is 43.2 Å². The number of carbonyl (C=O) groups excluding carboxylic acids is 2. The Morgan fingerprint density at radius 1 is 1.12 bits per heavy atom. The van der Waals surface area contributed by atoms with E-state index >= 15 is 0 Å². The van der Waals surface area contributed by atoms with Gasteiger partial charge in [-0.15, -0.1) is 0 Å². The van der Waals surface area contributed by atoms with Crippen LogP contribution in [0, 0.1) is 0 Å². The van der Waals surface area contributed by atoms with Crippen LogP contribution in [-0.4, -0.2) is 48.0 Å². The van der Waals surface area contributed by atoms with Gasteiger partial charge < -0.3 is 15.0 Å². The van der Waals surface area contributed by atoms with Crippen molar-refractivity contribution in [2.75, 3.05) is 26.3 Å². The summed E-state index contributed by atoms with van der Waals surface area (Å²) < 4.78 is 5.26. The topological polar surface area (TPSA) is 71.5 Å². The number of nitrogens with one attached hydrogen (secondary N) is 1. The highest BCUT2D eigenvalue weighted by Crippen LogP contribution is 2.10. The zero-order valence-corrected chi connectivity index (χ0v) is 13.3. The largest absolute Gasteiger partial charge is 0.378 e. The molecule has 1 aliphatic rings. The Kier molecular flexibility index (Phi) is 5.18. The predicted molar refractivity (Wildman–Crippen MR) is 88.6 cm³/mol. The summed E-state index contributed by atoms with van der Waals surface area (Å²) in [5.41, 5.74) is 1.91. The van der Waals surface area contributed by atoms with Gasteiger partial charge in [-0.1, -0.05) is 12.1 Å². The second-order valence-corrected chi connectivity index (χ2v) is 5.53. The van der Waals surface area contributed by atoms with Crippen LogP contribution in [0.4, 0.5) is 0 Å². The number of amides is 2. The summed E-state index contributed by atoms with van der Waals surface area (Å²) in [5, 5.41) is 2.84. The number of hydrogen-bond acceptors (Lipinski definition) is 4. The molecule has 2 amide bonds. The third-order valence-electron chi connectivity index (χ3n) is 3.85. The van der Waals surface area contributed by atoms with Gasteiger partial charge in [-0.05, 0) is 29.8 Å². The monoisotopic (exact) mass is 325 g/mol. The lowest BCUT2D eigenvalue weighted by atomic mass is 10.1. The fourth-order valence-corrected chi connectivity index (χ4v) is 2.53. The van der Waals surface area contributed by atoms with Crippen molar-refractivity contribution in [3.8, 4) is 0 Å². The molecule has 1 saturated heterocycles. The van der Waals surface area contributed by atoms with E-state index in [9.17, 15) is 9.59 Å². The van der Waals surface area contributed by atoms with Gasteiger partial charge in [-0.2, -0.15) is 0 Å². The molecule has 6 nitrogen and oxygen atoms in total. The van der Waals surface area contributed by atoms with E-state index in [0.717, 1.165) is 5.56 Å². The Morgan fingerprint density at radius 3 is 2.67 bits per heavy atom. The molecule has 2 heterocycles. The highest BCUT2D eigenvalue weighted by molar-refractivity contribution is 5.99. The van der Waals surface area contributed by atoms with Crippen LogP contribution in [0.2, 0.25) is 0 Å². The molecule has 0 atom stereocenters. The molecule has 0 radical (unpaired) electrons. The number of benzene rings is 1. The lowest BCUT2D eigenvalue weighted by Crippen LogP contribution is -2.40. The zero-order chi connectivity index (χ0) is 16.8. The van der Waals surface area contributed by atoms with Crippen molar-refractivity contribution < 1.29 is 14.3 Å². The first-order valence-corrected chi connectivity index (χ1v) is 7.88. The molecule has 1 N–H and O–H groups in total. The molecule has 1 fully saturated rings. The Hall–Kier alpha value is -2.73. The minimum Gasteiger partial charge on any atom is -0.378 e. The van der Waals surface area contributed by atoms with Gasteiger partial charge in [-0.25, -0.2) is 0 Å². The van der Waals surface area contributed by atoms with Crippen LogP contribution in [0.1, 0.15) is 26.3 Å². The predicted octanol–water partition coefficient (Wildman–Crippen LogP) is 1.48. The fraction of sp³-hybridized carbons (Fsp3) is 0.278. The molecular weight excluding hydrogens is 306 g/mol. The number of ether oxygens (including phenoxy) is 1. The van der Waals surface area contributed by atoms with Crippen LogP contribution in [-0.2, 0) is 11.3 Å². The summed E-state index contributed by atoms with van der Waals surface area (Å²) in [6.45, 7) is 2.66. The van der Waals surface area contributed by atoms with Gasteiger partial charge in [0.1, 0.15) is 0 Å². The number of rotatable bonds is 4. The first-order valence-electron chi connectivity index (χ1n) is 7.88. The summed E-state index contributed by atoms with van der Waals surface area (Å²) in [7, 11) is 0. The molecule has 1 aromatic carbocycles. The second kappa shape index (κ2) is 7.70. The van der Waals surface area contributed by atoms with Crippen molar-refractivity contribution in [1.82, 2.24) is 15.2 Å². The highest BCUT2D eigenvalue weighted by Gasteiger charge is 2.19. The first-order chi connectivity index (χ1) is 11.7. The number of carbonyl (C=O) groups is 2. The van der Waals surface area contributed by atoms with E-state index in [4.69, 9.17) is 4.74 Å². The maximum Gasteiger partial charge on any atom is 0.254 e. The Bertz CT molecular complexity index is 712. The van der Waals surface area contributed by atoms with Crippen LogP contribution in [0.25, 0.3) is 0 Å². The van der Waals surface area contributed by atoms with E-state index < -0.39 is 0 Å². The summed E-state index contributed by atoms with van der Waals surface area (Å²) in [6, 6.07) is 10.5. The number of pyridine rings is 1. The van der Waals surface area contributed by atoms with Crippen molar-refractivity contribution in [3.63, 3.8) is 0 Å². The summed E-state index contributed by atoms with van der Waals surface area (Å²) in [4.78, 5) is 30.5. The maximum absolute atomic E-state index is 12.5. The average molecular weight is 325 g/mol. The van der Waals surface area contributed by atoms with Crippen LogP contribution >= 0.6 is 0 Å². The smallest absolute Gasteiger partial charge is 0.254 e. The van der Waals surface area contributed by atoms with E-state index in [1.807, 2.05) is 12.1 Å². The van der Waals surface area contributed by atoms with Gasteiger partial charge in [0.2, 0.25) is 0 Å². The van der Waals surface area contributed by atoms with Crippen LogP contribution in [0.5, 0.6) is 0 Å². The molecule has 0 bridgehead atoms. The first kappa shape index (κ1) is 16.1. The quantitative estimate of drug-likeness (QED) is 0.924. The lowest BCUT2D eigenvalue weighted by molar-refractivity contribution is 0.0303. The lowest BCUT2D eigenvalue weighted by Gasteiger charge is -2.27. The molecule has 1 aliphatic heterocycles. The van der Waals surface area contributed by atoms with E-state index in [2.05, 4.69) is 10.3 Å². The number of aromatic nitrogens is 1. The van der Waals surface area contributed by atoms with Crippen molar-refractivity contribution in [1.29, 1.82) is 0 Å². The normalized spacial score (nSPS) is 14.2. The molecule has 6 heteroatoms. The Labute approximate surface area is 140 Å². The van der Waals surface area contributed by atoms with Gasteiger partial charge in [0.05, 0.1) is 13.2 Å². The van der Waals surface area contributed by atoms with Crippen molar-refractivity contribution >= 4 is 11.8 Å². The highest BCUT2D eigenvalue weighted by atomic mass is 16.5. The molecule has 24 heavy (non-hydrogen) atoms. The molecule has 0 aliphatic carbocycles. The fourth-order valence-electron chi connectivity index (χ4n) is 2.53. The van der Waals surface area contributed by atoms with Gasteiger partial charge in [0.25, 0.3) is 11.8 Å². The molecule has 1 aromatic heterocycles. The third kappa shape index (κ3) is 3.97. The van der Waals surface area contributed by atoms with E-state index in [1.165, 1.54) is 0 Å². The molecule has 3 rings (SSSR count). The van der Waals surface area contributed by atoms with Gasteiger partial charge >= 0.3 is 0 Å². The van der Waals surface area contributed by atoms with Gasteiger partial charge in [-0.3, -0.25) is 14.6 Å². The van der Waals surface area contributed by atoms with E-state index in [0.29, 0.717) is 44.0 Å². The third-order valence-corrected chi connectivity index (χ3v) is 3.85. The van der Waals surface area contributed by atoms with Crippen molar-refractivity contribution in [2.45, 2.75) is 6.54 Å². The molecular formula is C18H19N3O3. The Balaban J connectivity index is 1.65. The van der Waals surface area contributed by atoms with E-state index in [-0.39, 0.29) is 11.8 Å². The summed E-state index contributed by atoms with van der Waals surface area (Å²) in [5.74, 6) is -0.282. The Morgan fingerprint density at radius 2 is 1.92 bits per heavy atom. The molecule has 124 valence electrons. The van der Waals surface area contributed by atoms with Crippen molar-refractivity contribution in [3.05, 3.63) is 65.5 Å². The number of hydrogen-bond donors (Lipinski definition) is 1. The maximum atomic E-state index is 12.5. The molecule has 0 spiro atoms. The number of morpholine rings is 1. The van der Waals surface area contributed by atoms with Crippen LogP contribution in [0.15, 0.2) is 48.8 Å². The minimum atomic E-state index is -0.213.